The topological polar surface area (TPSA) is 52.2 Å². The standard InChI is InChI=1S/C31H34N2.C8H6N2O/c1-22(2)23-7-11-26(12-8-23)32-17-19-33(20-18-32)27-13-16-29-25(21-27)10-15-30-28-6-4-3-5-24(28)9-14-31(29)30;11-8-6-3-1-2-4-7(6)9-5-10-8/h4,6-8,10-13,15-16,21-22H,3,5,9,14,17-20H2,1-2H3;1-5H,(H,9,10,11). The number of allylic oxidation sites excluding steroid dienone is 4. The summed E-state index contributed by atoms with van der Waals surface area (Å²) in [5.41, 5.74) is 11.0. The minimum atomic E-state index is -0.0874. The second kappa shape index (κ2) is 12.2. The number of aromatic nitrogens is 2. The summed E-state index contributed by atoms with van der Waals surface area (Å²) < 4.78 is 0. The third-order valence-corrected chi connectivity index (χ3v) is 9.48. The van der Waals surface area contributed by atoms with Crippen LogP contribution in [-0.2, 0) is 6.42 Å². The zero-order valence-corrected chi connectivity index (χ0v) is 25.7. The highest BCUT2D eigenvalue weighted by atomic mass is 16.1. The van der Waals surface area contributed by atoms with Crippen molar-refractivity contribution in [2.45, 2.75) is 45.4 Å². The number of rotatable bonds is 3. The van der Waals surface area contributed by atoms with E-state index in [-0.39, 0.29) is 5.56 Å². The summed E-state index contributed by atoms with van der Waals surface area (Å²) in [6.07, 6.45) is 11.0. The molecule has 2 heterocycles. The monoisotopic (exact) mass is 580 g/mol. The number of piperazine rings is 1. The molecule has 2 aliphatic carbocycles. The quantitative estimate of drug-likeness (QED) is 0.233. The normalized spacial score (nSPS) is 16.2. The van der Waals surface area contributed by atoms with Crippen LogP contribution in [0, 0.1) is 0 Å². The molecule has 222 valence electrons. The zero-order chi connectivity index (χ0) is 30.0. The minimum absolute atomic E-state index is 0.0874. The summed E-state index contributed by atoms with van der Waals surface area (Å²) >= 11 is 0. The van der Waals surface area contributed by atoms with Gasteiger partial charge in [0.1, 0.15) is 0 Å². The van der Waals surface area contributed by atoms with Crippen molar-refractivity contribution in [2.75, 3.05) is 36.0 Å². The Balaban J connectivity index is 0.000000239. The Kier molecular flexibility index (Phi) is 7.78. The Hall–Kier alpha value is -4.64. The number of hydrogen-bond donors (Lipinski definition) is 1. The minimum Gasteiger partial charge on any atom is -0.368 e. The Labute approximate surface area is 259 Å². The molecule has 0 radical (unpaired) electrons. The van der Waals surface area contributed by atoms with Crippen LogP contribution < -0.4 is 15.4 Å². The van der Waals surface area contributed by atoms with E-state index in [4.69, 9.17) is 0 Å². The zero-order valence-electron chi connectivity index (χ0n) is 25.7. The van der Waals surface area contributed by atoms with E-state index in [1.807, 2.05) is 18.2 Å². The van der Waals surface area contributed by atoms with Crippen LogP contribution in [-0.4, -0.2) is 36.1 Å². The van der Waals surface area contributed by atoms with Crippen LogP contribution >= 0.6 is 0 Å². The lowest BCUT2D eigenvalue weighted by molar-refractivity contribution is 0.653. The Morgan fingerprint density at radius 3 is 2.30 bits per heavy atom. The molecule has 0 spiro atoms. The third-order valence-electron chi connectivity index (χ3n) is 9.48. The van der Waals surface area contributed by atoms with Gasteiger partial charge in [-0.1, -0.05) is 74.0 Å². The molecule has 5 nitrogen and oxygen atoms in total. The highest BCUT2D eigenvalue weighted by Gasteiger charge is 2.22. The van der Waals surface area contributed by atoms with E-state index in [2.05, 4.69) is 100 Å². The number of para-hydroxylation sites is 1. The highest BCUT2D eigenvalue weighted by Crippen LogP contribution is 2.40. The third kappa shape index (κ3) is 5.55. The first-order valence-corrected chi connectivity index (χ1v) is 16.0. The van der Waals surface area contributed by atoms with Crippen molar-refractivity contribution in [3.8, 4) is 0 Å². The van der Waals surface area contributed by atoms with Crippen molar-refractivity contribution in [1.82, 2.24) is 9.97 Å². The largest absolute Gasteiger partial charge is 0.368 e. The molecule has 1 aliphatic heterocycles. The summed E-state index contributed by atoms with van der Waals surface area (Å²) in [5, 5.41) is 3.47. The van der Waals surface area contributed by atoms with Gasteiger partial charge in [-0.05, 0) is 101 Å². The number of anilines is 2. The van der Waals surface area contributed by atoms with Crippen LogP contribution in [0.5, 0.6) is 0 Å². The van der Waals surface area contributed by atoms with Crippen LogP contribution in [0.15, 0.2) is 108 Å². The molecule has 0 atom stereocenters. The van der Waals surface area contributed by atoms with Crippen molar-refractivity contribution in [3.05, 3.63) is 130 Å². The van der Waals surface area contributed by atoms with Gasteiger partial charge >= 0.3 is 0 Å². The van der Waals surface area contributed by atoms with Crippen LogP contribution in [0.25, 0.3) is 27.2 Å². The lowest BCUT2D eigenvalue weighted by Crippen LogP contribution is -2.46. The number of hydrogen-bond acceptors (Lipinski definition) is 4. The van der Waals surface area contributed by atoms with E-state index in [0.29, 0.717) is 11.3 Å². The molecule has 1 fully saturated rings. The molecule has 1 saturated heterocycles. The van der Waals surface area contributed by atoms with E-state index in [0.717, 1.165) is 31.7 Å². The number of nitrogens with zero attached hydrogens (tertiary/aromatic N) is 3. The average molecular weight is 581 g/mol. The summed E-state index contributed by atoms with van der Waals surface area (Å²) in [6.45, 7) is 8.81. The second-order valence-corrected chi connectivity index (χ2v) is 12.4. The number of benzene rings is 4. The van der Waals surface area contributed by atoms with Gasteiger partial charge in [0.15, 0.2) is 0 Å². The number of aryl methyl sites for hydroxylation is 1. The summed E-state index contributed by atoms with van der Waals surface area (Å²) in [6, 6.07) is 28.3. The van der Waals surface area contributed by atoms with Gasteiger partial charge in [-0.15, -0.1) is 0 Å². The van der Waals surface area contributed by atoms with Crippen molar-refractivity contribution in [3.63, 3.8) is 0 Å². The fourth-order valence-corrected chi connectivity index (χ4v) is 6.94. The molecule has 5 aromatic rings. The maximum atomic E-state index is 11.1. The summed E-state index contributed by atoms with van der Waals surface area (Å²) in [5.74, 6) is 0.590. The molecule has 3 aliphatic rings. The Bertz CT molecular complexity index is 1920. The van der Waals surface area contributed by atoms with Gasteiger partial charge < -0.3 is 14.8 Å². The first-order valence-electron chi connectivity index (χ1n) is 16.0. The van der Waals surface area contributed by atoms with E-state index in [9.17, 15) is 4.79 Å². The van der Waals surface area contributed by atoms with Gasteiger partial charge in [-0.2, -0.15) is 0 Å². The molecular formula is C39H40N4O. The maximum absolute atomic E-state index is 11.1. The van der Waals surface area contributed by atoms with Gasteiger partial charge in [0, 0.05) is 37.6 Å². The van der Waals surface area contributed by atoms with Gasteiger partial charge in [0.25, 0.3) is 5.56 Å². The lowest BCUT2D eigenvalue weighted by Gasteiger charge is -2.37. The van der Waals surface area contributed by atoms with Crippen molar-refractivity contribution >= 4 is 38.6 Å². The van der Waals surface area contributed by atoms with Gasteiger partial charge in [0.05, 0.1) is 17.2 Å². The molecule has 0 unspecified atom stereocenters. The van der Waals surface area contributed by atoms with E-state index >= 15 is 0 Å². The molecule has 0 bridgehead atoms. The van der Waals surface area contributed by atoms with Crippen molar-refractivity contribution in [2.24, 2.45) is 0 Å². The average Bonchev–Trinajstić information content (AvgIpc) is 3.08. The van der Waals surface area contributed by atoms with E-state index in [1.165, 1.54) is 70.9 Å². The smallest absolute Gasteiger partial charge is 0.258 e. The number of nitrogens with one attached hydrogen (secondary N) is 1. The number of aromatic amines is 1. The van der Waals surface area contributed by atoms with Crippen molar-refractivity contribution < 1.29 is 0 Å². The number of fused-ring (bicyclic) bond motifs is 5. The van der Waals surface area contributed by atoms with Gasteiger partial charge in [-0.3, -0.25) is 4.79 Å². The van der Waals surface area contributed by atoms with Crippen LogP contribution in [0.4, 0.5) is 11.4 Å². The first kappa shape index (κ1) is 28.1. The molecule has 44 heavy (non-hydrogen) atoms. The Morgan fingerprint density at radius 2 is 1.52 bits per heavy atom. The van der Waals surface area contributed by atoms with Crippen molar-refractivity contribution in [1.29, 1.82) is 0 Å². The molecule has 0 saturated carbocycles. The van der Waals surface area contributed by atoms with E-state index in [1.54, 1.807) is 17.2 Å². The van der Waals surface area contributed by atoms with Crippen LogP contribution in [0.1, 0.15) is 55.7 Å². The van der Waals surface area contributed by atoms with Crippen LogP contribution in [0.3, 0.4) is 0 Å². The molecule has 0 amide bonds. The highest BCUT2D eigenvalue weighted by molar-refractivity contribution is 5.95. The molecule has 5 heteroatoms. The van der Waals surface area contributed by atoms with Crippen LogP contribution in [0.2, 0.25) is 0 Å². The first-order chi connectivity index (χ1) is 21.5. The molecule has 8 rings (SSSR count). The van der Waals surface area contributed by atoms with Gasteiger partial charge in [0.2, 0.25) is 0 Å². The molecule has 1 N–H and O–H groups in total. The SMILES string of the molecule is CC(C)c1ccc(N2CCN(c3ccc4c5c(ccc4c3)C3=C(CCC=C3)CC5)CC2)cc1.O=c1[nH]cnc2ccccc12. The summed E-state index contributed by atoms with van der Waals surface area (Å²) in [4.78, 5) is 22.7. The predicted molar refractivity (Wildman–Crippen MR) is 185 cm³/mol. The lowest BCUT2D eigenvalue weighted by atomic mass is 9.79. The predicted octanol–water partition coefficient (Wildman–Crippen LogP) is 8.26. The summed E-state index contributed by atoms with van der Waals surface area (Å²) in [7, 11) is 0. The number of H-pyrrole nitrogens is 1. The fraction of sp³-hybridized carbons (Fsp3) is 0.282. The second-order valence-electron chi connectivity index (χ2n) is 12.4. The fourth-order valence-electron chi connectivity index (χ4n) is 6.94. The molecular weight excluding hydrogens is 540 g/mol. The molecule has 1 aromatic heterocycles. The maximum Gasteiger partial charge on any atom is 0.258 e. The molecule has 4 aromatic carbocycles. The Morgan fingerprint density at radius 1 is 0.773 bits per heavy atom. The van der Waals surface area contributed by atoms with Gasteiger partial charge in [-0.25, -0.2) is 4.98 Å². The van der Waals surface area contributed by atoms with E-state index < -0.39 is 0 Å².